The fourth-order valence-electron chi connectivity index (χ4n) is 1.00. The molecule has 0 aliphatic heterocycles. The van der Waals surface area contributed by atoms with Gasteiger partial charge in [0.1, 0.15) is 0 Å². The minimum Gasteiger partial charge on any atom is -0.0991 e. The van der Waals surface area contributed by atoms with Crippen LogP contribution in [0.25, 0.3) is 0 Å². The summed E-state index contributed by atoms with van der Waals surface area (Å²) >= 11 is 0. The van der Waals surface area contributed by atoms with Crippen molar-refractivity contribution >= 4 is 0 Å². The second-order valence-corrected chi connectivity index (χ2v) is 3.66. The Bertz CT molecular complexity index is 180. The van der Waals surface area contributed by atoms with Crippen molar-refractivity contribution in [3.05, 3.63) is 36.5 Å². The fourth-order valence-corrected chi connectivity index (χ4v) is 1.00. The highest BCUT2D eigenvalue weighted by atomic mass is 14.0. The van der Waals surface area contributed by atoms with Crippen molar-refractivity contribution in [1.29, 1.82) is 0 Å². The molecule has 0 heterocycles. The third-order valence-corrected chi connectivity index (χ3v) is 1.62. The molecule has 0 nitrogen and oxygen atoms in total. The van der Waals surface area contributed by atoms with Crippen LogP contribution < -0.4 is 0 Å². The molecule has 0 rings (SSSR count). The van der Waals surface area contributed by atoms with E-state index >= 15 is 0 Å². The van der Waals surface area contributed by atoms with Gasteiger partial charge in [-0.2, -0.15) is 0 Å². The third-order valence-electron chi connectivity index (χ3n) is 1.62. The van der Waals surface area contributed by atoms with Crippen molar-refractivity contribution in [2.24, 2.45) is 11.8 Å². The summed E-state index contributed by atoms with van der Waals surface area (Å²) in [5.74, 6) is 1.22. The van der Waals surface area contributed by atoms with E-state index in [1.165, 1.54) is 5.57 Å². The monoisotopic (exact) mass is 164 g/mol. The Hall–Kier alpha value is -0.780. The Morgan fingerprint density at radius 2 is 1.75 bits per heavy atom. The van der Waals surface area contributed by atoms with E-state index in [2.05, 4.69) is 46.4 Å². The maximum Gasteiger partial charge on any atom is -0.0222 e. The molecule has 0 aromatic carbocycles. The number of hydrogen-bond donors (Lipinski definition) is 0. The molecule has 0 N–H and O–H groups in total. The van der Waals surface area contributed by atoms with Crippen molar-refractivity contribution in [3.8, 4) is 0 Å². The second-order valence-electron chi connectivity index (χ2n) is 3.66. The third kappa shape index (κ3) is 4.95. The first-order chi connectivity index (χ1) is 5.57. The predicted molar refractivity (Wildman–Crippen MR) is 57.1 cm³/mol. The highest BCUT2D eigenvalue weighted by Gasteiger charge is 1.99. The minimum absolute atomic E-state index is 0.601. The SMILES string of the molecule is C=C/C=C\C(=C/C(C)C)C(C)C. The maximum absolute atomic E-state index is 3.66. The van der Waals surface area contributed by atoms with Crippen molar-refractivity contribution in [2.75, 3.05) is 0 Å². The van der Waals surface area contributed by atoms with Gasteiger partial charge in [-0.25, -0.2) is 0 Å². The molecule has 0 aliphatic carbocycles. The van der Waals surface area contributed by atoms with Crippen LogP contribution in [0.15, 0.2) is 36.5 Å². The van der Waals surface area contributed by atoms with E-state index in [9.17, 15) is 0 Å². The topological polar surface area (TPSA) is 0 Å². The Labute approximate surface area is 76.7 Å². The molecule has 0 atom stereocenters. The zero-order chi connectivity index (χ0) is 9.56. The highest BCUT2D eigenvalue weighted by Crippen LogP contribution is 2.13. The lowest BCUT2D eigenvalue weighted by Gasteiger charge is -2.07. The van der Waals surface area contributed by atoms with Gasteiger partial charge in [-0.3, -0.25) is 0 Å². The first-order valence-corrected chi connectivity index (χ1v) is 4.58. The lowest BCUT2D eigenvalue weighted by Crippen LogP contribution is -1.93. The van der Waals surface area contributed by atoms with Gasteiger partial charge in [-0.1, -0.05) is 58.6 Å². The molecule has 12 heavy (non-hydrogen) atoms. The van der Waals surface area contributed by atoms with Crippen LogP contribution in [0.5, 0.6) is 0 Å². The summed E-state index contributed by atoms with van der Waals surface area (Å²) < 4.78 is 0. The normalized spacial score (nSPS) is 13.3. The molecule has 0 aromatic heterocycles. The Balaban J connectivity index is 4.43. The van der Waals surface area contributed by atoms with Gasteiger partial charge in [0, 0.05) is 0 Å². The van der Waals surface area contributed by atoms with Gasteiger partial charge in [0.25, 0.3) is 0 Å². The van der Waals surface area contributed by atoms with Gasteiger partial charge in [0.15, 0.2) is 0 Å². The van der Waals surface area contributed by atoms with E-state index in [0.29, 0.717) is 11.8 Å². The van der Waals surface area contributed by atoms with E-state index in [0.717, 1.165) is 0 Å². The van der Waals surface area contributed by atoms with E-state index in [4.69, 9.17) is 0 Å². The van der Waals surface area contributed by atoms with E-state index in [1.807, 2.05) is 12.2 Å². The Morgan fingerprint density at radius 3 is 2.08 bits per heavy atom. The Kier molecular flexibility index (Phi) is 5.44. The smallest absolute Gasteiger partial charge is 0.0222 e. The van der Waals surface area contributed by atoms with Gasteiger partial charge in [-0.15, -0.1) is 0 Å². The molecule has 0 amide bonds. The molecule has 0 spiro atoms. The largest absolute Gasteiger partial charge is 0.0991 e. The molecule has 0 aliphatic rings. The summed E-state index contributed by atoms with van der Waals surface area (Å²) in [5.41, 5.74) is 1.39. The second kappa shape index (κ2) is 5.82. The fraction of sp³-hybridized carbons (Fsp3) is 0.500. The molecular formula is C12H20. The summed E-state index contributed by atoms with van der Waals surface area (Å²) in [4.78, 5) is 0. The van der Waals surface area contributed by atoms with Crippen LogP contribution in [0.1, 0.15) is 27.7 Å². The first kappa shape index (κ1) is 11.2. The van der Waals surface area contributed by atoms with Crippen LogP contribution in [0.4, 0.5) is 0 Å². The van der Waals surface area contributed by atoms with Crippen molar-refractivity contribution in [3.63, 3.8) is 0 Å². The lowest BCUT2D eigenvalue weighted by atomic mass is 9.99. The number of allylic oxidation sites excluding steroid dienone is 5. The van der Waals surface area contributed by atoms with Crippen molar-refractivity contribution < 1.29 is 0 Å². The molecule has 0 heteroatoms. The van der Waals surface area contributed by atoms with Crippen LogP contribution in [-0.4, -0.2) is 0 Å². The molecule has 0 fully saturated rings. The van der Waals surface area contributed by atoms with Crippen LogP contribution in [-0.2, 0) is 0 Å². The van der Waals surface area contributed by atoms with Gasteiger partial charge in [0.05, 0.1) is 0 Å². The van der Waals surface area contributed by atoms with Gasteiger partial charge in [0.2, 0.25) is 0 Å². The zero-order valence-corrected chi connectivity index (χ0v) is 8.67. The standard InChI is InChI=1S/C12H20/c1-6-7-8-12(11(4)5)9-10(2)3/h6-11H,1H2,2-5H3/b8-7-,12-9+. The van der Waals surface area contributed by atoms with E-state index in [1.54, 1.807) is 0 Å². The van der Waals surface area contributed by atoms with Crippen molar-refractivity contribution in [1.82, 2.24) is 0 Å². The van der Waals surface area contributed by atoms with Gasteiger partial charge in [-0.05, 0) is 17.4 Å². The van der Waals surface area contributed by atoms with Crippen LogP contribution in [0.2, 0.25) is 0 Å². The summed E-state index contributed by atoms with van der Waals surface area (Å²) in [6.07, 6.45) is 8.24. The summed E-state index contributed by atoms with van der Waals surface area (Å²) in [6.45, 7) is 12.5. The molecule has 0 aromatic rings. The average molecular weight is 164 g/mol. The average Bonchev–Trinajstić information content (AvgIpc) is 1.96. The summed E-state index contributed by atoms with van der Waals surface area (Å²) in [5, 5.41) is 0. The maximum atomic E-state index is 3.66. The number of hydrogen-bond acceptors (Lipinski definition) is 0. The zero-order valence-electron chi connectivity index (χ0n) is 8.67. The van der Waals surface area contributed by atoms with Crippen LogP contribution in [0.3, 0.4) is 0 Å². The molecule has 68 valence electrons. The molecule has 0 saturated heterocycles. The molecule has 0 saturated carbocycles. The van der Waals surface area contributed by atoms with E-state index < -0.39 is 0 Å². The number of rotatable bonds is 4. The highest BCUT2D eigenvalue weighted by molar-refractivity contribution is 5.23. The van der Waals surface area contributed by atoms with Crippen molar-refractivity contribution in [2.45, 2.75) is 27.7 Å². The van der Waals surface area contributed by atoms with Crippen LogP contribution >= 0.6 is 0 Å². The molecule has 0 bridgehead atoms. The quantitative estimate of drug-likeness (QED) is 0.551. The van der Waals surface area contributed by atoms with E-state index in [-0.39, 0.29) is 0 Å². The molecular weight excluding hydrogens is 144 g/mol. The predicted octanol–water partition coefficient (Wildman–Crippen LogP) is 3.97. The molecule has 0 radical (unpaired) electrons. The van der Waals surface area contributed by atoms with Gasteiger partial charge < -0.3 is 0 Å². The molecule has 0 unspecified atom stereocenters. The summed E-state index contributed by atoms with van der Waals surface area (Å²) in [6, 6.07) is 0. The van der Waals surface area contributed by atoms with Crippen LogP contribution in [0, 0.1) is 11.8 Å². The first-order valence-electron chi connectivity index (χ1n) is 4.58. The minimum atomic E-state index is 0.601. The summed E-state index contributed by atoms with van der Waals surface area (Å²) in [7, 11) is 0. The Morgan fingerprint density at radius 1 is 1.17 bits per heavy atom. The van der Waals surface area contributed by atoms with Gasteiger partial charge >= 0.3 is 0 Å². The lowest BCUT2D eigenvalue weighted by molar-refractivity contribution is 0.749.